The average Bonchev–Trinajstić information content (AvgIpc) is 2.71. The molecule has 1 unspecified atom stereocenters. The molecule has 80 valence electrons. The Morgan fingerprint density at radius 2 is 2.33 bits per heavy atom. The average molecular weight is 209 g/mol. The number of pyridine rings is 1. The van der Waals surface area contributed by atoms with E-state index in [1.54, 1.807) is 6.92 Å². The van der Waals surface area contributed by atoms with E-state index in [0.717, 1.165) is 12.6 Å². The summed E-state index contributed by atoms with van der Waals surface area (Å²) in [6.45, 7) is 2.13. The number of rotatable bonds is 2. The van der Waals surface area contributed by atoms with Gasteiger partial charge in [0, 0.05) is 18.2 Å². The second kappa shape index (κ2) is 3.62. The summed E-state index contributed by atoms with van der Waals surface area (Å²) in [6.07, 6.45) is 5.12. The summed E-state index contributed by atoms with van der Waals surface area (Å²) >= 11 is 0. The molecule has 2 heterocycles. The molecule has 0 saturated heterocycles. The highest BCUT2D eigenvalue weighted by molar-refractivity contribution is 5.28. The zero-order valence-corrected chi connectivity index (χ0v) is 8.40. The third-order valence-corrected chi connectivity index (χ3v) is 2.45. The van der Waals surface area contributed by atoms with Gasteiger partial charge in [-0.2, -0.15) is 0 Å². The lowest BCUT2D eigenvalue weighted by molar-refractivity contribution is 0.0312. The lowest BCUT2D eigenvalue weighted by atomic mass is 9.95. The molecule has 0 aliphatic carbocycles. The van der Waals surface area contributed by atoms with Crippen LogP contribution in [-0.2, 0) is 10.3 Å². The number of halogens is 1. The molecule has 3 nitrogen and oxygen atoms in total. The maximum atomic E-state index is 13.0. The van der Waals surface area contributed by atoms with Crippen molar-refractivity contribution < 1.29 is 14.2 Å². The van der Waals surface area contributed by atoms with Gasteiger partial charge in [0.1, 0.15) is 17.2 Å². The zero-order chi connectivity index (χ0) is 10.9. The Morgan fingerprint density at radius 1 is 1.53 bits per heavy atom. The fraction of sp³-hybridized carbons (Fsp3) is 0.364. The second-order valence-corrected chi connectivity index (χ2v) is 3.67. The summed E-state index contributed by atoms with van der Waals surface area (Å²) in [5.74, 6) is 0.00118. The van der Waals surface area contributed by atoms with Gasteiger partial charge in [0.25, 0.3) is 0 Å². The number of hydrogen-bond acceptors (Lipinski definition) is 3. The van der Waals surface area contributed by atoms with Gasteiger partial charge in [-0.05, 0) is 19.1 Å². The smallest absolute Gasteiger partial charge is 0.145 e. The molecule has 0 amide bonds. The quantitative estimate of drug-likeness (QED) is 0.806. The molecule has 0 bridgehead atoms. The summed E-state index contributed by atoms with van der Waals surface area (Å²) in [5, 5.41) is 10.2. The van der Waals surface area contributed by atoms with E-state index in [9.17, 15) is 9.50 Å². The van der Waals surface area contributed by atoms with Crippen LogP contribution in [0.25, 0.3) is 0 Å². The van der Waals surface area contributed by atoms with Gasteiger partial charge in [-0.3, -0.25) is 4.98 Å². The first kappa shape index (κ1) is 10.1. The third kappa shape index (κ3) is 1.85. The van der Waals surface area contributed by atoms with Crippen molar-refractivity contribution in [1.82, 2.24) is 4.98 Å². The van der Waals surface area contributed by atoms with E-state index >= 15 is 0 Å². The number of hydrogen-bond donors (Lipinski definition) is 1. The highest BCUT2D eigenvalue weighted by Gasteiger charge is 2.32. The van der Waals surface area contributed by atoms with E-state index in [1.165, 1.54) is 12.3 Å². The van der Waals surface area contributed by atoms with E-state index in [4.69, 9.17) is 4.74 Å². The van der Waals surface area contributed by atoms with Crippen LogP contribution in [0.3, 0.4) is 0 Å². The van der Waals surface area contributed by atoms with Gasteiger partial charge in [-0.15, -0.1) is 0 Å². The first-order valence-corrected chi connectivity index (χ1v) is 4.77. The van der Waals surface area contributed by atoms with Crippen LogP contribution in [0.15, 0.2) is 30.3 Å². The Bertz CT molecular complexity index is 401. The van der Waals surface area contributed by atoms with Crippen LogP contribution in [0.5, 0.6) is 0 Å². The zero-order valence-electron chi connectivity index (χ0n) is 8.40. The molecule has 1 atom stereocenters. The van der Waals surface area contributed by atoms with Gasteiger partial charge in [-0.25, -0.2) is 4.39 Å². The lowest BCUT2D eigenvalue weighted by Crippen LogP contribution is -2.24. The molecule has 15 heavy (non-hydrogen) atoms. The van der Waals surface area contributed by atoms with Gasteiger partial charge in [0.15, 0.2) is 0 Å². The van der Waals surface area contributed by atoms with Crippen molar-refractivity contribution in [2.24, 2.45) is 0 Å². The Kier molecular flexibility index (Phi) is 2.44. The summed E-state index contributed by atoms with van der Waals surface area (Å²) in [6, 6.07) is 1.26. The predicted octanol–water partition coefficient (Wildman–Crippen LogP) is 1.73. The Labute approximate surface area is 87.2 Å². The maximum Gasteiger partial charge on any atom is 0.145 e. The van der Waals surface area contributed by atoms with Gasteiger partial charge in [-0.1, -0.05) is 0 Å². The number of ether oxygens (including phenoxy) is 1. The minimum Gasteiger partial charge on any atom is -0.495 e. The van der Waals surface area contributed by atoms with E-state index in [-0.39, 0.29) is 0 Å². The second-order valence-electron chi connectivity index (χ2n) is 3.67. The molecule has 1 N–H and O–H groups in total. The molecule has 0 aromatic carbocycles. The van der Waals surface area contributed by atoms with Crippen molar-refractivity contribution in [3.63, 3.8) is 0 Å². The van der Waals surface area contributed by atoms with Crippen molar-refractivity contribution in [2.45, 2.75) is 18.9 Å². The van der Waals surface area contributed by atoms with Crippen molar-refractivity contribution in [2.75, 3.05) is 6.61 Å². The molecule has 0 fully saturated rings. The first-order valence-electron chi connectivity index (χ1n) is 4.77. The van der Waals surface area contributed by atoms with Crippen molar-refractivity contribution in [1.29, 1.82) is 0 Å². The topological polar surface area (TPSA) is 42.4 Å². The van der Waals surface area contributed by atoms with Crippen LogP contribution >= 0.6 is 0 Å². The van der Waals surface area contributed by atoms with Gasteiger partial charge in [0.05, 0.1) is 12.8 Å². The summed E-state index contributed by atoms with van der Waals surface area (Å²) in [5.41, 5.74) is -0.901. The SMILES string of the molecule is CC(O)(C1=CCCO1)c1cncc(F)c1. The highest BCUT2D eigenvalue weighted by Crippen LogP contribution is 2.32. The molecule has 0 spiro atoms. The Morgan fingerprint density at radius 3 is 2.93 bits per heavy atom. The highest BCUT2D eigenvalue weighted by atomic mass is 19.1. The van der Waals surface area contributed by atoms with Crippen molar-refractivity contribution in [3.05, 3.63) is 41.7 Å². The molecular weight excluding hydrogens is 197 g/mol. The molecule has 0 radical (unpaired) electrons. The van der Waals surface area contributed by atoms with Crippen LogP contribution in [0, 0.1) is 5.82 Å². The normalized spacial score (nSPS) is 19.3. The molecule has 1 aromatic heterocycles. The van der Waals surface area contributed by atoms with Crippen LogP contribution in [-0.4, -0.2) is 16.7 Å². The van der Waals surface area contributed by atoms with E-state index in [2.05, 4.69) is 4.98 Å². The van der Waals surface area contributed by atoms with Crippen molar-refractivity contribution in [3.8, 4) is 0 Å². The van der Waals surface area contributed by atoms with Gasteiger partial charge in [0.2, 0.25) is 0 Å². The van der Waals surface area contributed by atoms with E-state index in [1.807, 2.05) is 6.08 Å². The minimum absolute atomic E-state index is 0.399. The number of nitrogens with zero attached hydrogens (tertiary/aromatic N) is 1. The first-order chi connectivity index (χ1) is 7.10. The Balaban J connectivity index is 2.36. The van der Waals surface area contributed by atoms with Crippen LogP contribution in [0.4, 0.5) is 4.39 Å². The molecule has 1 aliphatic heterocycles. The van der Waals surface area contributed by atoms with Gasteiger partial charge >= 0.3 is 0 Å². The summed E-state index contributed by atoms with van der Waals surface area (Å²) in [7, 11) is 0. The standard InChI is InChI=1S/C11H12FNO2/c1-11(14,10-3-2-4-15-10)8-5-9(12)7-13-6-8/h3,5-7,14H,2,4H2,1H3. The van der Waals surface area contributed by atoms with E-state index < -0.39 is 11.4 Å². The molecule has 0 saturated carbocycles. The summed E-state index contributed by atoms with van der Waals surface area (Å²) < 4.78 is 18.2. The number of aliphatic hydroxyl groups is 1. The van der Waals surface area contributed by atoms with Gasteiger partial charge < -0.3 is 9.84 Å². The molecule has 1 aromatic rings. The largest absolute Gasteiger partial charge is 0.495 e. The van der Waals surface area contributed by atoms with Crippen LogP contribution in [0.2, 0.25) is 0 Å². The van der Waals surface area contributed by atoms with Crippen molar-refractivity contribution >= 4 is 0 Å². The minimum atomic E-state index is -1.30. The fourth-order valence-electron chi connectivity index (χ4n) is 1.58. The molecule has 2 rings (SSSR count). The monoisotopic (exact) mass is 209 g/mol. The third-order valence-electron chi connectivity index (χ3n) is 2.45. The fourth-order valence-corrected chi connectivity index (χ4v) is 1.58. The lowest BCUT2D eigenvalue weighted by Gasteiger charge is -2.24. The summed E-state index contributed by atoms with van der Waals surface area (Å²) in [4.78, 5) is 3.70. The molecule has 1 aliphatic rings. The molecular formula is C11H12FNO2. The molecule has 4 heteroatoms. The van der Waals surface area contributed by atoms with Crippen LogP contribution < -0.4 is 0 Å². The predicted molar refractivity (Wildman–Crippen MR) is 52.4 cm³/mol. The Hall–Kier alpha value is -1.42. The van der Waals surface area contributed by atoms with E-state index in [0.29, 0.717) is 17.9 Å². The van der Waals surface area contributed by atoms with Crippen LogP contribution in [0.1, 0.15) is 18.9 Å². The maximum absolute atomic E-state index is 13.0. The number of aromatic nitrogens is 1.